The van der Waals surface area contributed by atoms with E-state index in [1.807, 2.05) is 66.5 Å². The van der Waals surface area contributed by atoms with Gasteiger partial charge < -0.3 is 4.74 Å². The lowest BCUT2D eigenvalue weighted by Gasteiger charge is -2.28. The van der Waals surface area contributed by atoms with Crippen LogP contribution in [-0.4, -0.2) is 18.6 Å². The average Bonchev–Trinajstić information content (AvgIpc) is 2.64. The van der Waals surface area contributed by atoms with Crippen LogP contribution in [0.15, 0.2) is 59.7 Å². The highest BCUT2D eigenvalue weighted by Crippen LogP contribution is 2.43. The van der Waals surface area contributed by atoms with Crippen molar-refractivity contribution >= 4 is 33.6 Å². The minimum atomic E-state index is 0.0217. The van der Waals surface area contributed by atoms with Gasteiger partial charge in [-0.05, 0) is 50.2 Å². The van der Waals surface area contributed by atoms with Gasteiger partial charge >= 0.3 is 0 Å². The molecule has 0 spiro atoms. The van der Waals surface area contributed by atoms with Crippen LogP contribution in [0, 0.1) is 0 Å². The molecule has 0 saturated carbocycles. The van der Waals surface area contributed by atoms with Crippen molar-refractivity contribution in [1.29, 1.82) is 0 Å². The fourth-order valence-electron chi connectivity index (χ4n) is 3.41. The van der Waals surface area contributed by atoms with Crippen LogP contribution in [0.4, 0.5) is 11.4 Å². The molecule has 0 aromatic heterocycles. The third-order valence-corrected chi connectivity index (χ3v) is 4.57. The van der Waals surface area contributed by atoms with Crippen LogP contribution in [-0.2, 0) is 0 Å². The summed E-state index contributed by atoms with van der Waals surface area (Å²) in [7, 11) is 1.63. The molecule has 0 fully saturated rings. The zero-order chi connectivity index (χ0) is 17.6. The van der Waals surface area contributed by atoms with Crippen molar-refractivity contribution in [2.24, 2.45) is 5.10 Å². The number of benzene rings is 3. The van der Waals surface area contributed by atoms with E-state index < -0.39 is 0 Å². The molecule has 0 radical (unpaired) electrons. The molecule has 0 atom stereocenters. The second-order valence-corrected chi connectivity index (χ2v) is 6.09. The SMILES string of the molecule is COc1ccc2c3c(ccc(C(C)=O)c13)N(c1ccccc1)N=C2C. The number of Topliss-reactive ketones (excluding diaryl/α,β-unsaturated/α-hetero) is 1. The number of ether oxygens (including phenoxy) is 1. The Morgan fingerprint density at radius 1 is 1.00 bits per heavy atom. The van der Waals surface area contributed by atoms with E-state index in [1.54, 1.807) is 14.0 Å². The third-order valence-electron chi connectivity index (χ3n) is 4.57. The normalized spacial score (nSPS) is 12.9. The minimum absolute atomic E-state index is 0.0217. The molecule has 0 aliphatic carbocycles. The zero-order valence-electron chi connectivity index (χ0n) is 14.4. The van der Waals surface area contributed by atoms with Gasteiger partial charge in [0.15, 0.2) is 5.78 Å². The van der Waals surface area contributed by atoms with E-state index >= 15 is 0 Å². The van der Waals surface area contributed by atoms with Crippen molar-refractivity contribution in [3.05, 3.63) is 65.7 Å². The Bertz CT molecular complexity index is 1020. The molecule has 3 aromatic rings. The Labute approximate surface area is 146 Å². The molecule has 1 aliphatic rings. The largest absolute Gasteiger partial charge is 0.496 e. The van der Waals surface area contributed by atoms with Crippen molar-refractivity contribution in [2.75, 3.05) is 12.1 Å². The topological polar surface area (TPSA) is 41.9 Å². The molecule has 1 heterocycles. The number of rotatable bonds is 3. The summed E-state index contributed by atoms with van der Waals surface area (Å²) in [5.41, 5.74) is 4.53. The van der Waals surface area contributed by atoms with Gasteiger partial charge in [-0.1, -0.05) is 18.2 Å². The Morgan fingerprint density at radius 3 is 2.44 bits per heavy atom. The minimum Gasteiger partial charge on any atom is -0.496 e. The summed E-state index contributed by atoms with van der Waals surface area (Å²) in [6.07, 6.45) is 0. The van der Waals surface area contributed by atoms with Gasteiger partial charge in [0.2, 0.25) is 0 Å². The highest BCUT2D eigenvalue weighted by atomic mass is 16.5. The first-order chi connectivity index (χ1) is 12.1. The maximum Gasteiger partial charge on any atom is 0.160 e. The number of carbonyl (C=O) groups excluding carboxylic acids is 1. The van der Waals surface area contributed by atoms with Gasteiger partial charge in [0.05, 0.1) is 24.2 Å². The smallest absolute Gasteiger partial charge is 0.160 e. The number of hydrogen-bond donors (Lipinski definition) is 0. The van der Waals surface area contributed by atoms with E-state index in [1.165, 1.54) is 0 Å². The van der Waals surface area contributed by atoms with Crippen molar-refractivity contribution < 1.29 is 9.53 Å². The summed E-state index contributed by atoms with van der Waals surface area (Å²) in [6.45, 7) is 3.57. The first-order valence-corrected chi connectivity index (χ1v) is 8.17. The maximum absolute atomic E-state index is 12.2. The summed E-state index contributed by atoms with van der Waals surface area (Å²) >= 11 is 0. The maximum atomic E-state index is 12.2. The standard InChI is InChI=1S/C21H18N2O2/c1-13-16-10-12-19(25-3)21-17(14(2)24)9-11-18(20(16)21)23(22-13)15-7-5-4-6-8-15/h4-12H,1-3H3. The first-order valence-electron chi connectivity index (χ1n) is 8.17. The van der Waals surface area contributed by atoms with E-state index in [0.717, 1.165) is 33.4 Å². The lowest BCUT2D eigenvalue weighted by molar-refractivity contribution is 0.101. The quantitative estimate of drug-likeness (QED) is 0.640. The first kappa shape index (κ1) is 15.4. The van der Waals surface area contributed by atoms with Crippen LogP contribution in [0.2, 0.25) is 0 Å². The molecule has 4 nitrogen and oxygen atoms in total. The summed E-state index contributed by atoms with van der Waals surface area (Å²) in [5, 5.41) is 8.55. The summed E-state index contributed by atoms with van der Waals surface area (Å²) in [5.74, 6) is 0.724. The Hall–Kier alpha value is -3.14. The molecule has 0 amide bonds. The van der Waals surface area contributed by atoms with Crippen molar-refractivity contribution in [3.8, 4) is 5.75 Å². The Morgan fingerprint density at radius 2 is 1.76 bits per heavy atom. The van der Waals surface area contributed by atoms with Gasteiger partial charge in [-0.3, -0.25) is 4.79 Å². The van der Waals surface area contributed by atoms with Crippen molar-refractivity contribution in [2.45, 2.75) is 13.8 Å². The molecular weight excluding hydrogens is 312 g/mol. The molecule has 0 saturated heterocycles. The third kappa shape index (κ3) is 2.30. The summed E-state index contributed by atoms with van der Waals surface area (Å²) < 4.78 is 5.56. The summed E-state index contributed by atoms with van der Waals surface area (Å²) in [6, 6.07) is 17.7. The zero-order valence-corrected chi connectivity index (χ0v) is 14.4. The molecule has 0 bridgehead atoms. The second kappa shape index (κ2) is 5.74. The molecule has 1 aliphatic heterocycles. The van der Waals surface area contributed by atoms with E-state index in [9.17, 15) is 4.79 Å². The average molecular weight is 330 g/mol. The molecular formula is C21H18N2O2. The van der Waals surface area contributed by atoms with Gasteiger partial charge in [0.1, 0.15) is 5.75 Å². The highest BCUT2D eigenvalue weighted by molar-refractivity contribution is 6.22. The van der Waals surface area contributed by atoms with Gasteiger partial charge in [0.25, 0.3) is 0 Å². The van der Waals surface area contributed by atoms with Crippen molar-refractivity contribution in [3.63, 3.8) is 0 Å². The number of nitrogens with zero attached hydrogens (tertiary/aromatic N) is 2. The fourth-order valence-corrected chi connectivity index (χ4v) is 3.41. The number of carbonyl (C=O) groups is 1. The van der Waals surface area contributed by atoms with Crippen LogP contribution >= 0.6 is 0 Å². The monoisotopic (exact) mass is 330 g/mol. The second-order valence-electron chi connectivity index (χ2n) is 6.09. The van der Waals surface area contributed by atoms with E-state index in [2.05, 4.69) is 0 Å². The lowest BCUT2D eigenvalue weighted by atomic mass is 9.93. The van der Waals surface area contributed by atoms with E-state index in [0.29, 0.717) is 11.3 Å². The van der Waals surface area contributed by atoms with Gasteiger partial charge in [-0.2, -0.15) is 5.10 Å². The predicted molar refractivity (Wildman–Crippen MR) is 101 cm³/mol. The number of hydrogen-bond acceptors (Lipinski definition) is 4. The Kier molecular flexibility index (Phi) is 3.53. The lowest BCUT2D eigenvalue weighted by Crippen LogP contribution is -2.18. The molecule has 25 heavy (non-hydrogen) atoms. The van der Waals surface area contributed by atoms with Gasteiger partial charge in [-0.15, -0.1) is 0 Å². The fraction of sp³-hybridized carbons (Fsp3) is 0.143. The van der Waals surface area contributed by atoms with E-state index in [-0.39, 0.29) is 5.78 Å². The summed E-state index contributed by atoms with van der Waals surface area (Å²) in [4.78, 5) is 12.2. The molecule has 0 unspecified atom stereocenters. The molecule has 124 valence electrons. The predicted octanol–water partition coefficient (Wildman–Crippen LogP) is 4.93. The number of ketones is 1. The molecule has 0 N–H and O–H groups in total. The molecule has 3 aromatic carbocycles. The Balaban J connectivity index is 2.11. The van der Waals surface area contributed by atoms with Crippen LogP contribution < -0.4 is 9.75 Å². The molecule has 4 rings (SSSR count). The van der Waals surface area contributed by atoms with Crippen LogP contribution in [0.25, 0.3) is 10.8 Å². The number of methoxy groups -OCH3 is 1. The van der Waals surface area contributed by atoms with Crippen molar-refractivity contribution in [1.82, 2.24) is 0 Å². The highest BCUT2D eigenvalue weighted by Gasteiger charge is 2.25. The van der Waals surface area contributed by atoms with Crippen LogP contribution in [0.3, 0.4) is 0 Å². The van der Waals surface area contributed by atoms with E-state index in [4.69, 9.17) is 9.84 Å². The number of anilines is 2. The number of para-hydroxylation sites is 1. The van der Waals surface area contributed by atoms with Crippen LogP contribution in [0.1, 0.15) is 29.8 Å². The van der Waals surface area contributed by atoms with Gasteiger partial charge in [0, 0.05) is 21.9 Å². The number of hydrazone groups is 1. The molecule has 4 heteroatoms. The van der Waals surface area contributed by atoms with Crippen LogP contribution in [0.5, 0.6) is 5.75 Å². The van der Waals surface area contributed by atoms with Gasteiger partial charge in [-0.25, -0.2) is 5.01 Å².